The molecule has 1 aromatic carbocycles. The molecule has 0 spiro atoms. The van der Waals surface area contributed by atoms with Crippen LogP contribution in [0.15, 0.2) is 30.5 Å². The highest BCUT2D eigenvalue weighted by Crippen LogP contribution is 2.32. The summed E-state index contributed by atoms with van der Waals surface area (Å²) >= 11 is 0. The fourth-order valence-corrected chi connectivity index (χ4v) is 3.53. The summed E-state index contributed by atoms with van der Waals surface area (Å²) in [5, 5.41) is 8.54. The molecule has 0 radical (unpaired) electrons. The van der Waals surface area contributed by atoms with Crippen LogP contribution in [0, 0.1) is 5.92 Å². The number of anilines is 3. The molecule has 5 heteroatoms. The van der Waals surface area contributed by atoms with Crippen LogP contribution in [0.5, 0.6) is 0 Å². The Morgan fingerprint density at radius 3 is 2.78 bits per heavy atom. The maximum Gasteiger partial charge on any atom is 0.251 e. The number of rotatable bonds is 2. The largest absolute Gasteiger partial charge is 0.355 e. The van der Waals surface area contributed by atoms with Gasteiger partial charge in [-0.05, 0) is 43.2 Å². The van der Waals surface area contributed by atoms with E-state index in [0.717, 1.165) is 50.2 Å². The van der Waals surface area contributed by atoms with Crippen molar-refractivity contribution in [3.63, 3.8) is 0 Å². The van der Waals surface area contributed by atoms with Crippen LogP contribution in [0.4, 0.5) is 17.5 Å². The molecule has 0 aliphatic carbocycles. The van der Waals surface area contributed by atoms with Gasteiger partial charge in [0.05, 0.1) is 6.20 Å². The summed E-state index contributed by atoms with van der Waals surface area (Å²) in [6.07, 6.45) is 6.52. The van der Waals surface area contributed by atoms with Crippen LogP contribution in [-0.4, -0.2) is 34.8 Å². The Morgan fingerprint density at radius 2 is 1.91 bits per heavy atom. The third kappa shape index (κ3) is 2.87. The fraction of sp³-hybridized carbons (Fsp3) is 0.500. The van der Waals surface area contributed by atoms with Crippen molar-refractivity contribution >= 4 is 17.5 Å². The topological polar surface area (TPSA) is 45.2 Å². The van der Waals surface area contributed by atoms with Gasteiger partial charge in [0.15, 0.2) is 5.82 Å². The summed E-state index contributed by atoms with van der Waals surface area (Å²) in [4.78, 5) is 9.37. The smallest absolute Gasteiger partial charge is 0.251 e. The molecule has 0 unspecified atom stereocenters. The summed E-state index contributed by atoms with van der Waals surface area (Å²) in [6.45, 7) is 5.41. The maximum absolute atomic E-state index is 4.82. The highest BCUT2D eigenvalue weighted by atomic mass is 15.4. The molecule has 2 aliphatic heterocycles. The first-order valence-corrected chi connectivity index (χ1v) is 8.61. The van der Waals surface area contributed by atoms with E-state index in [1.807, 2.05) is 0 Å². The maximum atomic E-state index is 4.82. The van der Waals surface area contributed by atoms with Crippen LogP contribution in [-0.2, 0) is 6.42 Å². The molecule has 120 valence electrons. The van der Waals surface area contributed by atoms with Gasteiger partial charge in [-0.15, -0.1) is 5.10 Å². The lowest BCUT2D eigenvalue weighted by Gasteiger charge is -2.32. The summed E-state index contributed by atoms with van der Waals surface area (Å²) in [5.41, 5.74) is 2.60. The molecule has 0 amide bonds. The zero-order chi connectivity index (χ0) is 15.6. The van der Waals surface area contributed by atoms with Crippen LogP contribution in [0.2, 0.25) is 0 Å². The molecule has 5 nitrogen and oxygen atoms in total. The van der Waals surface area contributed by atoms with Gasteiger partial charge in [0.2, 0.25) is 0 Å². The van der Waals surface area contributed by atoms with Crippen molar-refractivity contribution in [3.05, 3.63) is 36.0 Å². The zero-order valence-corrected chi connectivity index (χ0v) is 13.6. The van der Waals surface area contributed by atoms with E-state index in [-0.39, 0.29) is 0 Å². The minimum absolute atomic E-state index is 0.730. The summed E-state index contributed by atoms with van der Waals surface area (Å²) in [6, 6.07) is 8.55. The summed E-state index contributed by atoms with van der Waals surface area (Å²) in [7, 11) is 0. The molecule has 2 aromatic rings. The minimum Gasteiger partial charge on any atom is -0.355 e. The average molecular weight is 309 g/mol. The highest BCUT2D eigenvalue weighted by molar-refractivity contribution is 5.63. The molecule has 23 heavy (non-hydrogen) atoms. The van der Waals surface area contributed by atoms with E-state index in [9.17, 15) is 0 Å². The van der Waals surface area contributed by atoms with Crippen molar-refractivity contribution in [3.8, 4) is 0 Å². The number of para-hydroxylation sites is 1. The molecule has 3 heterocycles. The zero-order valence-electron chi connectivity index (χ0n) is 13.6. The molecule has 1 saturated heterocycles. The van der Waals surface area contributed by atoms with E-state index in [1.54, 1.807) is 6.20 Å². The average Bonchev–Trinajstić information content (AvgIpc) is 2.62. The van der Waals surface area contributed by atoms with Gasteiger partial charge in [-0.2, -0.15) is 10.1 Å². The molecule has 2 aliphatic rings. The van der Waals surface area contributed by atoms with E-state index in [4.69, 9.17) is 4.98 Å². The fourth-order valence-electron chi connectivity index (χ4n) is 3.53. The van der Waals surface area contributed by atoms with E-state index in [0.29, 0.717) is 0 Å². The first-order chi connectivity index (χ1) is 11.3. The molecular formula is C18H23N5. The van der Waals surface area contributed by atoms with E-state index < -0.39 is 0 Å². The second-order valence-electron chi connectivity index (χ2n) is 6.67. The van der Waals surface area contributed by atoms with Crippen molar-refractivity contribution in [1.82, 2.24) is 15.2 Å². The van der Waals surface area contributed by atoms with Gasteiger partial charge in [0.1, 0.15) is 0 Å². The second kappa shape index (κ2) is 6.14. The van der Waals surface area contributed by atoms with Gasteiger partial charge in [-0.25, -0.2) is 0 Å². The quantitative estimate of drug-likeness (QED) is 0.852. The molecule has 1 fully saturated rings. The normalized spacial score (nSPS) is 18.8. The van der Waals surface area contributed by atoms with Crippen LogP contribution >= 0.6 is 0 Å². The van der Waals surface area contributed by atoms with Gasteiger partial charge in [-0.1, -0.05) is 25.1 Å². The van der Waals surface area contributed by atoms with Crippen molar-refractivity contribution < 1.29 is 0 Å². The molecule has 0 bridgehead atoms. The van der Waals surface area contributed by atoms with Gasteiger partial charge in [0.25, 0.3) is 5.95 Å². The van der Waals surface area contributed by atoms with Crippen LogP contribution in [0.3, 0.4) is 0 Å². The van der Waals surface area contributed by atoms with Gasteiger partial charge in [0, 0.05) is 25.3 Å². The first kappa shape index (κ1) is 14.4. The van der Waals surface area contributed by atoms with E-state index >= 15 is 0 Å². The first-order valence-electron chi connectivity index (χ1n) is 8.61. The molecule has 4 rings (SSSR count). The highest BCUT2D eigenvalue weighted by Gasteiger charge is 2.22. The number of benzene rings is 1. The van der Waals surface area contributed by atoms with Gasteiger partial charge < -0.3 is 9.80 Å². The van der Waals surface area contributed by atoms with Gasteiger partial charge >= 0.3 is 0 Å². The number of fused-ring (bicyclic) bond motifs is 1. The van der Waals surface area contributed by atoms with Crippen molar-refractivity contribution in [2.45, 2.75) is 32.6 Å². The Hall–Kier alpha value is -2.17. The van der Waals surface area contributed by atoms with Crippen molar-refractivity contribution in [2.75, 3.05) is 29.4 Å². The van der Waals surface area contributed by atoms with Crippen molar-refractivity contribution in [1.29, 1.82) is 0 Å². The van der Waals surface area contributed by atoms with E-state index in [1.165, 1.54) is 24.1 Å². The van der Waals surface area contributed by atoms with Crippen LogP contribution < -0.4 is 9.80 Å². The summed E-state index contributed by atoms with van der Waals surface area (Å²) in [5.74, 6) is 2.51. The monoisotopic (exact) mass is 309 g/mol. The Kier molecular flexibility index (Phi) is 3.85. The minimum atomic E-state index is 0.730. The lowest BCUT2D eigenvalue weighted by atomic mass is 9.99. The van der Waals surface area contributed by atoms with Crippen LogP contribution in [0.25, 0.3) is 0 Å². The van der Waals surface area contributed by atoms with E-state index in [2.05, 4.69) is 51.2 Å². The number of piperidine rings is 1. The SMILES string of the molecule is CC1CCN(c2cnnc(N3CCCc4ccccc43)n2)CC1. The Bertz CT molecular complexity index is 679. The lowest BCUT2D eigenvalue weighted by molar-refractivity contribution is 0.436. The second-order valence-corrected chi connectivity index (χ2v) is 6.67. The Labute approximate surface area is 137 Å². The molecule has 0 N–H and O–H groups in total. The number of hydrogen-bond donors (Lipinski definition) is 0. The third-order valence-corrected chi connectivity index (χ3v) is 4.99. The molecule has 0 atom stereocenters. The lowest BCUT2D eigenvalue weighted by Crippen LogP contribution is -2.34. The Morgan fingerprint density at radius 1 is 1.09 bits per heavy atom. The Balaban J connectivity index is 1.62. The molecule has 1 aromatic heterocycles. The van der Waals surface area contributed by atoms with Gasteiger partial charge in [-0.3, -0.25) is 0 Å². The third-order valence-electron chi connectivity index (χ3n) is 4.99. The summed E-state index contributed by atoms with van der Waals surface area (Å²) < 4.78 is 0. The van der Waals surface area contributed by atoms with Crippen molar-refractivity contribution in [2.24, 2.45) is 5.92 Å². The van der Waals surface area contributed by atoms with Crippen LogP contribution in [0.1, 0.15) is 31.7 Å². The number of nitrogens with zero attached hydrogens (tertiary/aromatic N) is 5. The predicted molar refractivity (Wildman–Crippen MR) is 92.2 cm³/mol. The number of hydrogen-bond acceptors (Lipinski definition) is 5. The molecular weight excluding hydrogens is 286 g/mol. The number of aromatic nitrogens is 3. The number of aryl methyl sites for hydroxylation is 1. The standard InChI is InChI=1S/C18H23N5/c1-14-8-11-22(12-9-14)17-13-19-21-18(20-17)23-10-4-6-15-5-2-3-7-16(15)23/h2-3,5,7,13-14H,4,6,8-12H2,1H3. The molecule has 0 saturated carbocycles. The predicted octanol–water partition coefficient (Wildman–Crippen LogP) is 3.19.